The summed E-state index contributed by atoms with van der Waals surface area (Å²) < 4.78 is 6.47. The van der Waals surface area contributed by atoms with Gasteiger partial charge in [0.2, 0.25) is 5.82 Å². The summed E-state index contributed by atoms with van der Waals surface area (Å²) >= 11 is 3.36. The van der Waals surface area contributed by atoms with E-state index in [4.69, 9.17) is 4.74 Å². The Bertz CT molecular complexity index is 932. The van der Waals surface area contributed by atoms with Crippen LogP contribution in [0.1, 0.15) is 12.5 Å². The fraction of sp³-hybridized carbons (Fsp3) is 0.111. The molecule has 0 saturated carbocycles. The van der Waals surface area contributed by atoms with Crippen LogP contribution in [0.2, 0.25) is 0 Å². The van der Waals surface area contributed by atoms with Gasteiger partial charge in [-0.2, -0.15) is 4.98 Å². The number of nitro groups is 1. The predicted molar refractivity (Wildman–Crippen MR) is 102 cm³/mol. The summed E-state index contributed by atoms with van der Waals surface area (Å²) in [5.74, 6) is 0.410. The molecular formula is C18H15BrN4O3. The maximum Gasteiger partial charge on any atom is 0.373 e. The van der Waals surface area contributed by atoms with Gasteiger partial charge >= 0.3 is 11.6 Å². The van der Waals surface area contributed by atoms with E-state index < -0.39 is 4.92 Å². The topological polar surface area (TPSA) is 90.2 Å². The Balaban J connectivity index is 1.93. The summed E-state index contributed by atoms with van der Waals surface area (Å²) in [6.07, 6.45) is 2.12. The first-order valence-corrected chi connectivity index (χ1v) is 8.65. The number of nitrogens with one attached hydrogen (secondary N) is 1. The Hall–Kier alpha value is -3.00. The molecule has 0 bridgehead atoms. The number of aromatic nitrogens is 2. The normalized spacial score (nSPS) is 10.4. The third-order valence-electron chi connectivity index (χ3n) is 3.60. The molecule has 1 heterocycles. The second-order valence-electron chi connectivity index (χ2n) is 5.37. The molecule has 8 heteroatoms. The van der Waals surface area contributed by atoms with Crippen LogP contribution in [0.4, 0.5) is 17.2 Å². The number of hydrogen-bond acceptors (Lipinski definition) is 6. The van der Waals surface area contributed by atoms with Gasteiger partial charge in [0.1, 0.15) is 12.1 Å². The summed E-state index contributed by atoms with van der Waals surface area (Å²) in [7, 11) is 0. The molecule has 0 fully saturated rings. The quantitative estimate of drug-likeness (QED) is 0.437. The number of ether oxygens (including phenoxy) is 1. The van der Waals surface area contributed by atoms with Gasteiger partial charge in [-0.05, 0) is 42.3 Å². The Morgan fingerprint density at radius 3 is 2.62 bits per heavy atom. The molecule has 26 heavy (non-hydrogen) atoms. The van der Waals surface area contributed by atoms with Gasteiger partial charge in [-0.3, -0.25) is 10.1 Å². The molecule has 0 aliphatic heterocycles. The maximum absolute atomic E-state index is 11.6. The van der Waals surface area contributed by atoms with Gasteiger partial charge in [0.05, 0.1) is 4.92 Å². The molecule has 0 aliphatic carbocycles. The van der Waals surface area contributed by atoms with Crippen LogP contribution in [0.25, 0.3) is 0 Å². The molecule has 1 aromatic heterocycles. The third kappa shape index (κ3) is 4.15. The molecule has 0 unspecified atom stereocenters. The lowest BCUT2D eigenvalue weighted by Crippen LogP contribution is -2.03. The Kier molecular flexibility index (Phi) is 5.43. The summed E-state index contributed by atoms with van der Waals surface area (Å²) in [6, 6.07) is 14.6. The molecule has 0 amide bonds. The largest absolute Gasteiger partial charge is 0.434 e. The van der Waals surface area contributed by atoms with Gasteiger partial charge in [0, 0.05) is 10.2 Å². The van der Waals surface area contributed by atoms with E-state index >= 15 is 0 Å². The molecule has 0 radical (unpaired) electrons. The smallest absolute Gasteiger partial charge is 0.373 e. The summed E-state index contributed by atoms with van der Waals surface area (Å²) in [5.41, 5.74) is 1.47. The van der Waals surface area contributed by atoms with Crippen LogP contribution in [0.3, 0.4) is 0 Å². The monoisotopic (exact) mass is 414 g/mol. The highest BCUT2D eigenvalue weighted by atomic mass is 79.9. The minimum Gasteiger partial charge on any atom is -0.434 e. The molecule has 1 N–H and O–H groups in total. The second kappa shape index (κ2) is 7.92. The Morgan fingerprint density at radius 1 is 1.19 bits per heavy atom. The summed E-state index contributed by atoms with van der Waals surface area (Å²) in [6.45, 7) is 2.05. The van der Waals surface area contributed by atoms with Crippen molar-refractivity contribution in [2.75, 3.05) is 5.32 Å². The lowest BCUT2D eigenvalue weighted by molar-refractivity contribution is -0.385. The molecule has 3 aromatic rings. The highest BCUT2D eigenvalue weighted by Crippen LogP contribution is 2.35. The number of hydrogen-bond donors (Lipinski definition) is 1. The van der Waals surface area contributed by atoms with Crippen molar-refractivity contribution in [3.8, 4) is 11.6 Å². The van der Waals surface area contributed by atoms with Crippen LogP contribution in [-0.4, -0.2) is 14.9 Å². The van der Waals surface area contributed by atoms with E-state index in [0.29, 0.717) is 11.4 Å². The SMILES string of the molecule is CCc1ccc(Oc2ncnc(Nc3cccc(Br)c3)c2[N+](=O)[O-])cc1. The average Bonchev–Trinajstić information content (AvgIpc) is 2.62. The predicted octanol–water partition coefficient (Wildman–Crippen LogP) is 5.25. The number of anilines is 2. The molecule has 3 rings (SSSR count). The first-order valence-electron chi connectivity index (χ1n) is 7.85. The molecule has 132 valence electrons. The van der Waals surface area contributed by atoms with E-state index in [9.17, 15) is 10.1 Å². The van der Waals surface area contributed by atoms with Crippen LogP contribution < -0.4 is 10.1 Å². The van der Waals surface area contributed by atoms with Crippen molar-refractivity contribution in [2.24, 2.45) is 0 Å². The van der Waals surface area contributed by atoms with Crippen LogP contribution in [0.15, 0.2) is 59.3 Å². The molecule has 2 aromatic carbocycles. The van der Waals surface area contributed by atoms with Crippen LogP contribution in [-0.2, 0) is 6.42 Å². The molecule has 7 nitrogen and oxygen atoms in total. The molecule has 0 atom stereocenters. The van der Waals surface area contributed by atoms with Crippen molar-refractivity contribution in [1.82, 2.24) is 9.97 Å². The number of benzene rings is 2. The molecule has 0 spiro atoms. The highest BCUT2D eigenvalue weighted by Gasteiger charge is 2.25. The zero-order valence-electron chi connectivity index (χ0n) is 13.8. The number of aryl methyl sites for hydroxylation is 1. The summed E-state index contributed by atoms with van der Waals surface area (Å²) in [4.78, 5) is 19.0. The van der Waals surface area contributed by atoms with Crippen molar-refractivity contribution < 1.29 is 9.66 Å². The van der Waals surface area contributed by atoms with Crippen molar-refractivity contribution in [1.29, 1.82) is 0 Å². The van der Waals surface area contributed by atoms with E-state index in [0.717, 1.165) is 16.5 Å². The lowest BCUT2D eigenvalue weighted by atomic mass is 10.2. The van der Waals surface area contributed by atoms with Crippen LogP contribution in [0, 0.1) is 10.1 Å². The molecular weight excluding hydrogens is 400 g/mol. The fourth-order valence-electron chi connectivity index (χ4n) is 2.30. The van der Waals surface area contributed by atoms with Gasteiger partial charge in [-0.1, -0.05) is 41.1 Å². The van der Waals surface area contributed by atoms with Crippen molar-refractivity contribution >= 4 is 33.1 Å². The first-order chi connectivity index (χ1) is 12.6. The van der Waals surface area contributed by atoms with Crippen molar-refractivity contribution in [3.63, 3.8) is 0 Å². The average molecular weight is 415 g/mol. The van der Waals surface area contributed by atoms with Crippen molar-refractivity contribution in [2.45, 2.75) is 13.3 Å². The first kappa shape index (κ1) is 17.8. The van der Waals surface area contributed by atoms with Gasteiger partial charge in [0.15, 0.2) is 0 Å². The third-order valence-corrected chi connectivity index (χ3v) is 4.10. The standard InChI is InChI=1S/C18H15BrN4O3/c1-2-12-6-8-15(9-7-12)26-18-16(23(24)25)17(20-11-21-18)22-14-5-3-4-13(19)10-14/h3-11H,2H2,1H3,(H,20,21,22). The Morgan fingerprint density at radius 2 is 1.96 bits per heavy atom. The highest BCUT2D eigenvalue weighted by molar-refractivity contribution is 9.10. The van der Waals surface area contributed by atoms with E-state index in [1.807, 2.05) is 31.2 Å². The van der Waals surface area contributed by atoms with Gasteiger partial charge in [-0.15, -0.1) is 0 Å². The van der Waals surface area contributed by atoms with Crippen LogP contribution >= 0.6 is 15.9 Å². The number of halogens is 1. The number of rotatable bonds is 6. The van der Waals surface area contributed by atoms with Gasteiger partial charge < -0.3 is 10.1 Å². The lowest BCUT2D eigenvalue weighted by Gasteiger charge is -2.10. The zero-order chi connectivity index (χ0) is 18.5. The molecule has 0 saturated heterocycles. The zero-order valence-corrected chi connectivity index (χ0v) is 15.4. The summed E-state index contributed by atoms with van der Waals surface area (Å²) in [5, 5.41) is 14.5. The van der Waals surface area contributed by atoms with Gasteiger partial charge in [-0.25, -0.2) is 4.98 Å². The van der Waals surface area contributed by atoms with E-state index in [2.05, 4.69) is 31.2 Å². The van der Waals surface area contributed by atoms with Crippen molar-refractivity contribution in [3.05, 3.63) is 75.0 Å². The van der Waals surface area contributed by atoms with Gasteiger partial charge in [0.25, 0.3) is 0 Å². The van der Waals surface area contributed by atoms with E-state index in [1.54, 1.807) is 24.3 Å². The molecule has 0 aliphatic rings. The minimum absolute atomic E-state index is 0.0586. The maximum atomic E-state index is 11.6. The van der Waals surface area contributed by atoms with E-state index in [1.165, 1.54) is 6.33 Å². The fourth-order valence-corrected chi connectivity index (χ4v) is 2.70. The van der Waals surface area contributed by atoms with Crippen LogP contribution in [0.5, 0.6) is 11.6 Å². The van der Waals surface area contributed by atoms with E-state index in [-0.39, 0.29) is 17.4 Å². The number of nitrogens with zero attached hydrogens (tertiary/aromatic N) is 3. The Labute approximate surface area is 158 Å². The second-order valence-corrected chi connectivity index (χ2v) is 6.28. The minimum atomic E-state index is -0.559.